The molecule has 1 atom stereocenters. The zero-order chi connectivity index (χ0) is 22.2. The van der Waals surface area contributed by atoms with Crippen molar-refractivity contribution in [2.45, 2.75) is 25.3 Å². The van der Waals surface area contributed by atoms with Crippen LogP contribution in [0.3, 0.4) is 0 Å². The predicted octanol–water partition coefficient (Wildman–Crippen LogP) is 2.77. The minimum Gasteiger partial charge on any atom is -0.309 e. The fourth-order valence-corrected chi connectivity index (χ4v) is 4.41. The Balaban J connectivity index is 1.76. The van der Waals surface area contributed by atoms with Gasteiger partial charge >= 0.3 is 0 Å². The molecule has 162 valence electrons. The van der Waals surface area contributed by atoms with Crippen LogP contribution >= 0.6 is 11.6 Å². The molecule has 31 heavy (non-hydrogen) atoms. The summed E-state index contributed by atoms with van der Waals surface area (Å²) in [4.78, 5) is 32.0. The van der Waals surface area contributed by atoms with E-state index in [2.05, 4.69) is 0 Å². The maximum Gasteiger partial charge on any atom is 0.252 e. The molecule has 0 saturated heterocycles. The van der Waals surface area contributed by atoms with Gasteiger partial charge in [-0.3, -0.25) is 19.3 Å². The Morgan fingerprint density at radius 3 is 2.55 bits per heavy atom. The third-order valence-electron chi connectivity index (χ3n) is 5.27. The van der Waals surface area contributed by atoms with Gasteiger partial charge in [0.05, 0.1) is 17.7 Å². The van der Waals surface area contributed by atoms with Crippen molar-refractivity contribution in [2.24, 2.45) is 10.9 Å². The second-order valence-electron chi connectivity index (χ2n) is 7.82. The van der Waals surface area contributed by atoms with Crippen molar-refractivity contribution in [1.82, 2.24) is 4.72 Å². The molecule has 0 radical (unpaired) electrons. The summed E-state index contributed by atoms with van der Waals surface area (Å²) in [5, 5.41) is 0.509. The summed E-state index contributed by atoms with van der Waals surface area (Å²) in [5.41, 5.74) is 2.87. The van der Waals surface area contributed by atoms with Crippen LogP contribution in [0.4, 0.5) is 5.69 Å². The molecule has 2 amide bonds. The average Bonchev–Trinajstić information content (AvgIpc) is 3.54. The molecule has 1 saturated carbocycles. The van der Waals surface area contributed by atoms with Gasteiger partial charge in [0.15, 0.2) is 0 Å². The van der Waals surface area contributed by atoms with Gasteiger partial charge in [0.25, 0.3) is 5.91 Å². The number of carbonyl (C=O) groups is 2. The highest BCUT2D eigenvalue weighted by molar-refractivity contribution is 7.89. The highest BCUT2D eigenvalue weighted by atomic mass is 35.5. The van der Waals surface area contributed by atoms with Crippen LogP contribution in [-0.2, 0) is 19.6 Å². The number of halogens is 1. The number of aliphatic imine (C=N–C) groups is 1. The van der Waals surface area contributed by atoms with Gasteiger partial charge in [0.2, 0.25) is 15.9 Å². The average molecular weight is 460 g/mol. The molecule has 2 aromatic carbocycles. The Bertz CT molecular complexity index is 1160. The third-order valence-corrected chi connectivity index (χ3v) is 6.10. The fourth-order valence-electron chi connectivity index (χ4n) is 3.72. The first-order valence-corrected chi connectivity index (χ1v) is 12.2. The van der Waals surface area contributed by atoms with E-state index in [9.17, 15) is 18.0 Å². The standard InChI is InChI=1S/C22H22ClN3O4S/c1-31(29,30)25-19(27)11-12-26-18-10-9-16(23)13-17(18)20(14-5-3-2-4-6-14)24-21(22(26)28)15-7-8-15/h2-6,9-10,13,15,21H,7-8,11-12H2,1H3,(H,25,27)/t21-/m0/s1. The van der Waals surface area contributed by atoms with Crippen LogP contribution in [0, 0.1) is 5.92 Å². The smallest absolute Gasteiger partial charge is 0.252 e. The number of rotatable bonds is 6. The van der Waals surface area contributed by atoms with Gasteiger partial charge < -0.3 is 4.90 Å². The Hall–Kier alpha value is -2.71. The Labute approximate surface area is 186 Å². The normalized spacial score (nSPS) is 18.8. The summed E-state index contributed by atoms with van der Waals surface area (Å²) < 4.78 is 24.7. The van der Waals surface area contributed by atoms with Gasteiger partial charge in [-0.2, -0.15) is 0 Å². The highest BCUT2D eigenvalue weighted by Gasteiger charge is 2.41. The molecule has 0 unspecified atom stereocenters. The first-order chi connectivity index (χ1) is 14.7. The lowest BCUT2D eigenvalue weighted by atomic mass is 10.00. The van der Waals surface area contributed by atoms with Gasteiger partial charge in [-0.25, -0.2) is 8.42 Å². The number of fused-ring (bicyclic) bond motifs is 1. The summed E-state index contributed by atoms with van der Waals surface area (Å²) in [7, 11) is -3.67. The largest absolute Gasteiger partial charge is 0.309 e. The Morgan fingerprint density at radius 1 is 1.19 bits per heavy atom. The molecule has 9 heteroatoms. The summed E-state index contributed by atoms with van der Waals surface area (Å²) in [6, 6.07) is 14.3. The molecular formula is C22H22ClN3O4S. The van der Waals surface area contributed by atoms with Crippen molar-refractivity contribution in [3.8, 4) is 0 Å². The van der Waals surface area contributed by atoms with Gasteiger partial charge in [-0.05, 0) is 37.0 Å². The number of hydrogen-bond donors (Lipinski definition) is 1. The van der Waals surface area contributed by atoms with Gasteiger partial charge in [-0.15, -0.1) is 0 Å². The predicted molar refractivity (Wildman–Crippen MR) is 120 cm³/mol. The molecule has 1 aliphatic heterocycles. The van der Waals surface area contributed by atoms with E-state index in [1.807, 2.05) is 35.1 Å². The lowest BCUT2D eigenvalue weighted by Crippen LogP contribution is -2.41. The van der Waals surface area contributed by atoms with Crippen LogP contribution in [0.5, 0.6) is 0 Å². The van der Waals surface area contributed by atoms with Crippen molar-refractivity contribution < 1.29 is 18.0 Å². The molecule has 2 aliphatic rings. The van der Waals surface area contributed by atoms with Crippen LogP contribution < -0.4 is 9.62 Å². The van der Waals surface area contributed by atoms with Crippen molar-refractivity contribution in [3.05, 3.63) is 64.7 Å². The number of anilines is 1. The summed E-state index contributed by atoms with van der Waals surface area (Å²) >= 11 is 6.29. The maximum atomic E-state index is 13.5. The van der Waals surface area contributed by atoms with Gasteiger partial charge in [0, 0.05) is 29.1 Å². The van der Waals surface area contributed by atoms with Crippen molar-refractivity contribution in [2.75, 3.05) is 17.7 Å². The summed E-state index contributed by atoms with van der Waals surface area (Å²) in [6.07, 6.45) is 2.60. The van der Waals surface area contributed by atoms with Crippen LogP contribution in [0.15, 0.2) is 53.5 Å². The molecule has 1 aliphatic carbocycles. The van der Waals surface area contributed by atoms with E-state index < -0.39 is 22.0 Å². The first kappa shape index (κ1) is 21.5. The van der Waals surface area contributed by atoms with E-state index in [1.54, 1.807) is 18.2 Å². The summed E-state index contributed by atoms with van der Waals surface area (Å²) in [6.45, 7) is 0.0373. The van der Waals surface area contributed by atoms with Crippen molar-refractivity contribution >= 4 is 44.8 Å². The molecule has 1 fully saturated rings. The number of amides is 2. The van der Waals surface area contributed by atoms with E-state index in [0.29, 0.717) is 22.0 Å². The minimum atomic E-state index is -3.67. The van der Waals surface area contributed by atoms with Crippen molar-refractivity contribution in [1.29, 1.82) is 0 Å². The number of hydrogen-bond acceptors (Lipinski definition) is 5. The first-order valence-electron chi connectivity index (χ1n) is 9.98. The third kappa shape index (κ3) is 4.97. The zero-order valence-corrected chi connectivity index (χ0v) is 18.5. The SMILES string of the molecule is CS(=O)(=O)NC(=O)CCN1C(=O)[C@H](C2CC2)N=C(c2ccccc2)c2cc(Cl)ccc21. The Morgan fingerprint density at radius 2 is 1.90 bits per heavy atom. The number of sulfonamides is 1. The summed E-state index contributed by atoms with van der Waals surface area (Å²) in [5.74, 6) is -0.699. The molecule has 0 bridgehead atoms. The van der Waals surface area contributed by atoms with Crippen molar-refractivity contribution in [3.63, 3.8) is 0 Å². The maximum absolute atomic E-state index is 13.5. The van der Waals surface area contributed by atoms with E-state index in [1.165, 1.54) is 4.90 Å². The van der Waals surface area contributed by atoms with E-state index in [4.69, 9.17) is 16.6 Å². The highest BCUT2D eigenvalue weighted by Crippen LogP contribution is 2.39. The molecule has 1 N–H and O–H groups in total. The fraction of sp³-hybridized carbons (Fsp3) is 0.318. The molecule has 0 spiro atoms. The monoisotopic (exact) mass is 459 g/mol. The molecule has 1 heterocycles. The lowest BCUT2D eigenvalue weighted by Gasteiger charge is -2.25. The number of nitrogens with one attached hydrogen (secondary N) is 1. The van der Waals surface area contributed by atoms with Crippen LogP contribution in [0.2, 0.25) is 5.02 Å². The second kappa shape index (κ2) is 8.43. The molecule has 7 nitrogen and oxygen atoms in total. The number of carbonyl (C=O) groups excluding carboxylic acids is 2. The minimum absolute atomic E-state index is 0.0373. The van der Waals surface area contributed by atoms with E-state index in [0.717, 1.165) is 24.7 Å². The quantitative estimate of drug-likeness (QED) is 0.718. The molecular weight excluding hydrogens is 438 g/mol. The number of nitrogens with zero attached hydrogens (tertiary/aromatic N) is 2. The van der Waals surface area contributed by atoms with Crippen LogP contribution in [-0.4, -0.2) is 44.8 Å². The molecule has 0 aromatic heterocycles. The van der Waals surface area contributed by atoms with E-state index >= 15 is 0 Å². The Kier molecular flexibility index (Phi) is 5.85. The number of benzene rings is 2. The van der Waals surface area contributed by atoms with Gasteiger partial charge in [0.1, 0.15) is 6.04 Å². The molecule has 2 aromatic rings. The number of benzodiazepines with no additional fused rings is 1. The molecule has 4 rings (SSSR count). The van der Waals surface area contributed by atoms with Crippen LogP contribution in [0.25, 0.3) is 0 Å². The second-order valence-corrected chi connectivity index (χ2v) is 10.0. The topological polar surface area (TPSA) is 95.9 Å². The zero-order valence-electron chi connectivity index (χ0n) is 16.9. The van der Waals surface area contributed by atoms with E-state index in [-0.39, 0.29) is 24.8 Å². The van der Waals surface area contributed by atoms with Gasteiger partial charge in [-0.1, -0.05) is 41.9 Å². The van der Waals surface area contributed by atoms with Crippen LogP contribution in [0.1, 0.15) is 30.4 Å². The lowest BCUT2D eigenvalue weighted by molar-refractivity contribution is -0.120.